The van der Waals surface area contributed by atoms with Crippen LogP contribution in [0.15, 0.2) is 23.0 Å². The molecule has 5 heteroatoms. The number of nitrogens with one attached hydrogen (secondary N) is 1. The molecule has 2 rings (SSSR count). The molecule has 0 saturated heterocycles. The minimum absolute atomic E-state index is 0.200. The number of nitrogens with zero attached hydrogens (tertiary/aromatic N) is 1. The summed E-state index contributed by atoms with van der Waals surface area (Å²) in [4.78, 5) is 19.0. The molecule has 0 bridgehead atoms. The Morgan fingerprint density at radius 3 is 2.74 bits per heavy atom. The van der Waals surface area contributed by atoms with E-state index in [2.05, 4.69) is 9.97 Å². The van der Waals surface area contributed by atoms with Crippen LogP contribution in [0.5, 0.6) is 0 Å². The number of aromatic amines is 1. The average molecular weight is 281 g/mol. The highest BCUT2D eigenvalue weighted by atomic mass is 35.5. The third kappa shape index (κ3) is 3.01. The van der Waals surface area contributed by atoms with Crippen LogP contribution in [0.25, 0.3) is 11.3 Å². The van der Waals surface area contributed by atoms with Gasteiger partial charge in [0.2, 0.25) is 0 Å². The molecule has 0 saturated carbocycles. The summed E-state index contributed by atoms with van der Waals surface area (Å²) in [6, 6.07) is 4.16. The number of halogens is 2. The molecular weight excluding hydrogens is 267 g/mol. The summed E-state index contributed by atoms with van der Waals surface area (Å²) in [6.07, 6.45) is 1.54. The first-order chi connectivity index (χ1) is 9.01. The topological polar surface area (TPSA) is 45.8 Å². The smallest absolute Gasteiger partial charge is 0.254 e. The van der Waals surface area contributed by atoms with Crippen molar-refractivity contribution in [3.8, 4) is 11.3 Å². The van der Waals surface area contributed by atoms with Crippen molar-refractivity contribution in [2.45, 2.75) is 26.7 Å². The van der Waals surface area contributed by atoms with E-state index in [9.17, 15) is 9.18 Å². The van der Waals surface area contributed by atoms with E-state index < -0.39 is 5.82 Å². The molecule has 0 amide bonds. The van der Waals surface area contributed by atoms with Gasteiger partial charge in [0.05, 0.1) is 5.69 Å². The van der Waals surface area contributed by atoms with Crippen LogP contribution < -0.4 is 5.56 Å². The number of benzene rings is 1. The Morgan fingerprint density at radius 2 is 2.11 bits per heavy atom. The number of H-pyrrole nitrogens is 1. The molecule has 0 fully saturated rings. The van der Waals surface area contributed by atoms with Crippen LogP contribution in [0.4, 0.5) is 4.39 Å². The molecule has 1 aromatic heterocycles. The largest absolute Gasteiger partial charge is 0.310 e. The number of hydrogen-bond donors (Lipinski definition) is 1. The van der Waals surface area contributed by atoms with Gasteiger partial charge in [0.15, 0.2) is 0 Å². The predicted molar refractivity (Wildman–Crippen MR) is 74.0 cm³/mol. The van der Waals surface area contributed by atoms with Gasteiger partial charge in [-0.05, 0) is 31.5 Å². The summed E-state index contributed by atoms with van der Waals surface area (Å²) in [5.74, 6) is 0.162. The second kappa shape index (κ2) is 5.53. The van der Waals surface area contributed by atoms with E-state index in [1.54, 1.807) is 13.0 Å². The highest BCUT2D eigenvalue weighted by Gasteiger charge is 2.11. The predicted octanol–water partition coefficient (Wildman–Crippen LogP) is 3.49. The van der Waals surface area contributed by atoms with E-state index in [-0.39, 0.29) is 10.6 Å². The summed E-state index contributed by atoms with van der Waals surface area (Å²) in [5, 5.41) is 0.286. The van der Waals surface area contributed by atoms with Crippen molar-refractivity contribution in [3.63, 3.8) is 0 Å². The fraction of sp³-hybridized carbons (Fsp3) is 0.286. The molecule has 3 nitrogen and oxygen atoms in total. The molecule has 2 aromatic rings. The van der Waals surface area contributed by atoms with Crippen LogP contribution in [0.3, 0.4) is 0 Å². The Kier molecular flexibility index (Phi) is 4.00. The lowest BCUT2D eigenvalue weighted by Crippen LogP contribution is -2.16. The lowest BCUT2D eigenvalue weighted by molar-refractivity contribution is 0.628. The molecule has 0 aliphatic heterocycles. The highest BCUT2D eigenvalue weighted by molar-refractivity contribution is 6.30. The first-order valence-electron chi connectivity index (χ1n) is 6.07. The summed E-state index contributed by atoms with van der Waals surface area (Å²) in [6.45, 7) is 3.66. The van der Waals surface area contributed by atoms with Crippen molar-refractivity contribution in [1.82, 2.24) is 9.97 Å². The summed E-state index contributed by atoms with van der Waals surface area (Å²) < 4.78 is 13.4. The molecule has 0 radical (unpaired) electrons. The zero-order valence-electron chi connectivity index (χ0n) is 10.8. The monoisotopic (exact) mass is 280 g/mol. The second-order valence-corrected chi connectivity index (χ2v) is 4.83. The molecule has 0 aliphatic carbocycles. The van der Waals surface area contributed by atoms with E-state index in [0.29, 0.717) is 29.1 Å². The molecule has 1 aromatic carbocycles. The third-order valence-electron chi connectivity index (χ3n) is 2.82. The van der Waals surface area contributed by atoms with Gasteiger partial charge >= 0.3 is 0 Å². The van der Waals surface area contributed by atoms with Crippen molar-refractivity contribution < 1.29 is 4.39 Å². The second-order valence-electron chi connectivity index (χ2n) is 4.39. The van der Waals surface area contributed by atoms with E-state index in [0.717, 1.165) is 6.42 Å². The van der Waals surface area contributed by atoms with Crippen molar-refractivity contribution in [3.05, 3.63) is 50.8 Å². The highest BCUT2D eigenvalue weighted by Crippen LogP contribution is 2.24. The molecule has 19 heavy (non-hydrogen) atoms. The van der Waals surface area contributed by atoms with Crippen molar-refractivity contribution in [2.75, 3.05) is 0 Å². The van der Waals surface area contributed by atoms with Gasteiger partial charge in [0, 0.05) is 22.6 Å². The molecule has 100 valence electrons. The maximum Gasteiger partial charge on any atom is 0.254 e. The van der Waals surface area contributed by atoms with Gasteiger partial charge in [-0.1, -0.05) is 18.5 Å². The Hall–Kier alpha value is -1.68. The summed E-state index contributed by atoms with van der Waals surface area (Å²) >= 11 is 5.84. The SMILES string of the molecule is CCCc1nc(-c2cc(F)cc(Cl)c2)c(C)c(=O)[nH]1. The van der Waals surface area contributed by atoms with Gasteiger partial charge in [0.25, 0.3) is 5.56 Å². The maximum absolute atomic E-state index is 13.4. The Balaban J connectivity index is 2.63. The Morgan fingerprint density at radius 1 is 1.37 bits per heavy atom. The molecule has 1 heterocycles. The minimum atomic E-state index is -0.443. The van der Waals surface area contributed by atoms with Crippen molar-refractivity contribution in [1.29, 1.82) is 0 Å². The molecule has 0 spiro atoms. The fourth-order valence-corrected chi connectivity index (χ4v) is 2.13. The number of hydrogen-bond acceptors (Lipinski definition) is 2. The van der Waals surface area contributed by atoms with E-state index >= 15 is 0 Å². The molecular formula is C14H14ClFN2O. The Bertz CT molecular complexity index is 647. The van der Waals surface area contributed by atoms with Crippen LogP contribution in [-0.4, -0.2) is 9.97 Å². The number of aromatic nitrogens is 2. The average Bonchev–Trinajstić information content (AvgIpc) is 2.32. The van der Waals surface area contributed by atoms with Gasteiger partial charge in [0.1, 0.15) is 11.6 Å². The fourth-order valence-electron chi connectivity index (χ4n) is 1.91. The normalized spacial score (nSPS) is 10.7. The van der Waals surface area contributed by atoms with Gasteiger partial charge in [-0.25, -0.2) is 9.37 Å². The van der Waals surface area contributed by atoms with Gasteiger partial charge in [-0.2, -0.15) is 0 Å². The summed E-state index contributed by atoms with van der Waals surface area (Å²) in [7, 11) is 0. The number of rotatable bonds is 3. The molecule has 1 N–H and O–H groups in total. The lowest BCUT2D eigenvalue weighted by atomic mass is 10.1. The molecule has 0 unspecified atom stereocenters. The first-order valence-corrected chi connectivity index (χ1v) is 6.45. The quantitative estimate of drug-likeness (QED) is 0.935. The van der Waals surface area contributed by atoms with Crippen LogP contribution >= 0.6 is 11.6 Å². The Labute approximate surface area is 115 Å². The third-order valence-corrected chi connectivity index (χ3v) is 3.04. The van der Waals surface area contributed by atoms with Crippen molar-refractivity contribution in [2.24, 2.45) is 0 Å². The maximum atomic E-state index is 13.4. The first kappa shape index (κ1) is 13.7. The zero-order chi connectivity index (χ0) is 14.0. The number of aryl methyl sites for hydroxylation is 1. The molecule has 0 atom stereocenters. The van der Waals surface area contributed by atoms with E-state index in [1.807, 2.05) is 6.92 Å². The zero-order valence-corrected chi connectivity index (χ0v) is 11.5. The van der Waals surface area contributed by atoms with Crippen molar-refractivity contribution >= 4 is 11.6 Å². The standard InChI is InChI=1S/C14H14ClFN2O/c1-3-4-12-17-13(8(2)14(19)18-12)9-5-10(15)7-11(16)6-9/h5-7H,3-4H2,1-2H3,(H,17,18,19). The van der Waals surface area contributed by atoms with E-state index in [4.69, 9.17) is 11.6 Å². The minimum Gasteiger partial charge on any atom is -0.310 e. The van der Waals surface area contributed by atoms with Crippen LogP contribution in [0.1, 0.15) is 24.7 Å². The van der Waals surface area contributed by atoms with Gasteiger partial charge in [-0.3, -0.25) is 4.79 Å². The molecule has 0 aliphatic rings. The van der Waals surface area contributed by atoms with Crippen LogP contribution in [0.2, 0.25) is 5.02 Å². The summed E-state index contributed by atoms with van der Waals surface area (Å²) in [5.41, 5.74) is 1.26. The van der Waals surface area contributed by atoms with Gasteiger partial charge < -0.3 is 4.98 Å². The van der Waals surface area contributed by atoms with Crippen LogP contribution in [0, 0.1) is 12.7 Å². The van der Waals surface area contributed by atoms with E-state index in [1.165, 1.54) is 12.1 Å². The van der Waals surface area contributed by atoms with Gasteiger partial charge in [-0.15, -0.1) is 0 Å². The van der Waals surface area contributed by atoms with Crippen LogP contribution in [-0.2, 0) is 6.42 Å². The lowest BCUT2D eigenvalue weighted by Gasteiger charge is -2.08.